The van der Waals surface area contributed by atoms with Gasteiger partial charge in [0.05, 0.1) is 6.61 Å². The van der Waals surface area contributed by atoms with Gasteiger partial charge in [-0.25, -0.2) is 0 Å². The predicted molar refractivity (Wildman–Crippen MR) is 79.3 cm³/mol. The fraction of sp³-hybridized carbons (Fsp3) is 0.500. The Labute approximate surface area is 124 Å². The number of aryl methyl sites for hydroxylation is 2. The summed E-state index contributed by atoms with van der Waals surface area (Å²) in [6.45, 7) is 3.69. The van der Waals surface area contributed by atoms with Gasteiger partial charge in [-0.1, -0.05) is 12.1 Å². The molecule has 112 valence electrons. The second-order valence-electron chi connectivity index (χ2n) is 5.65. The number of aromatic nitrogens is 3. The third kappa shape index (κ3) is 3.24. The van der Waals surface area contributed by atoms with Gasteiger partial charge in [-0.3, -0.25) is 0 Å². The van der Waals surface area contributed by atoms with Crippen molar-refractivity contribution >= 4 is 0 Å². The van der Waals surface area contributed by atoms with E-state index in [2.05, 4.69) is 27.8 Å². The van der Waals surface area contributed by atoms with Crippen LogP contribution >= 0.6 is 0 Å². The minimum Gasteiger partial charge on any atom is -0.493 e. The summed E-state index contributed by atoms with van der Waals surface area (Å²) in [4.78, 5) is 0. The lowest BCUT2D eigenvalue weighted by Gasteiger charge is -2.22. The highest BCUT2D eigenvalue weighted by atomic mass is 16.5. The van der Waals surface area contributed by atoms with Crippen molar-refractivity contribution in [3.63, 3.8) is 0 Å². The first kappa shape index (κ1) is 14.1. The molecule has 0 saturated carbocycles. The number of hydrogen-bond donors (Lipinski definition) is 1. The Kier molecular flexibility index (Phi) is 4.20. The molecule has 0 saturated heterocycles. The van der Waals surface area contributed by atoms with Crippen molar-refractivity contribution in [2.45, 2.75) is 32.7 Å². The summed E-state index contributed by atoms with van der Waals surface area (Å²) in [6.07, 6.45) is 2.63. The van der Waals surface area contributed by atoms with Crippen LogP contribution in [0.1, 0.15) is 23.6 Å². The van der Waals surface area contributed by atoms with Crippen molar-refractivity contribution in [1.29, 1.82) is 0 Å². The van der Waals surface area contributed by atoms with Crippen molar-refractivity contribution in [2.24, 2.45) is 5.92 Å². The number of hydrogen-bond acceptors (Lipinski definition) is 4. The van der Waals surface area contributed by atoms with Gasteiger partial charge in [0.15, 0.2) is 0 Å². The van der Waals surface area contributed by atoms with Gasteiger partial charge in [0.1, 0.15) is 17.4 Å². The summed E-state index contributed by atoms with van der Waals surface area (Å²) in [5.74, 6) is 3.20. The molecule has 1 atom stereocenters. The minimum absolute atomic E-state index is 0.233. The van der Waals surface area contributed by atoms with E-state index in [4.69, 9.17) is 4.74 Å². The lowest BCUT2D eigenvalue weighted by molar-refractivity contribution is 0.189. The van der Waals surface area contributed by atoms with E-state index in [1.165, 1.54) is 5.56 Å². The van der Waals surface area contributed by atoms with E-state index in [0.717, 1.165) is 43.2 Å². The maximum Gasteiger partial charge on any atom is 0.136 e. The second-order valence-corrected chi connectivity index (χ2v) is 5.65. The standard InChI is InChI=1S/C16H21N3O2/c1-12-3-2-4-14(9-12)21-8-7-16-18-17-15-6-5-13(11-20)10-19(15)16/h2-4,9,13,20H,5-8,10-11H2,1H3. The van der Waals surface area contributed by atoms with Crippen LogP contribution in [0.5, 0.6) is 5.75 Å². The van der Waals surface area contributed by atoms with Gasteiger partial charge in [-0.15, -0.1) is 10.2 Å². The molecule has 3 rings (SSSR count). The van der Waals surface area contributed by atoms with Crippen LogP contribution in [0.3, 0.4) is 0 Å². The Morgan fingerprint density at radius 2 is 2.29 bits per heavy atom. The predicted octanol–water partition coefficient (Wildman–Crippen LogP) is 1.76. The van der Waals surface area contributed by atoms with E-state index in [-0.39, 0.29) is 6.61 Å². The van der Waals surface area contributed by atoms with Crippen LogP contribution in [0.2, 0.25) is 0 Å². The van der Waals surface area contributed by atoms with Crippen molar-refractivity contribution in [3.8, 4) is 5.75 Å². The average molecular weight is 287 g/mol. The monoisotopic (exact) mass is 287 g/mol. The Balaban J connectivity index is 1.60. The molecule has 1 aromatic heterocycles. The second kappa shape index (κ2) is 6.26. The van der Waals surface area contributed by atoms with Crippen molar-refractivity contribution in [3.05, 3.63) is 41.5 Å². The van der Waals surface area contributed by atoms with Gasteiger partial charge in [0.25, 0.3) is 0 Å². The highest BCUT2D eigenvalue weighted by molar-refractivity contribution is 5.27. The summed E-state index contributed by atoms with van der Waals surface area (Å²) in [7, 11) is 0. The van der Waals surface area contributed by atoms with Crippen molar-refractivity contribution in [2.75, 3.05) is 13.2 Å². The number of aliphatic hydroxyl groups excluding tert-OH is 1. The maximum atomic E-state index is 9.32. The summed E-state index contributed by atoms with van der Waals surface area (Å²) >= 11 is 0. The van der Waals surface area contributed by atoms with Crippen molar-refractivity contribution < 1.29 is 9.84 Å². The van der Waals surface area contributed by atoms with E-state index in [0.29, 0.717) is 12.5 Å². The van der Waals surface area contributed by atoms with Crippen LogP contribution in [0, 0.1) is 12.8 Å². The van der Waals surface area contributed by atoms with Crippen LogP contribution < -0.4 is 4.74 Å². The van der Waals surface area contributed by atoms with E-state index < -0.39 is 0 Å². The van der Waals surface area contributed by atoms with Crippen LogP contribution in [0.4, 0.5) is 0 Å². The Bertz CT molecular complexity index is 609. The average Bonchev–Trinajstić information content (AvgIpc) is 2.90. The van der Waals surface area contributed by atoms with Gasteiger partial charge >= 0.3 is 0 Å². The first-order valence-electron chi connectivity index (χ1n) is 7.47. The van der Waals surface area contributed by atoms with Crippen LogP contribution in [-0.2, 0) is 19.4 Å². The molecule has 0 bridgehead atoms. The Morgan fingerprint density at radius 3 is 3.10 bits per heavy atom. The zero-order valence-electron chi connectivity index (χ0n) is 12.3. The summed E-state index contributed by atoms with van der Waals surface area (Å²) < 4.78 is 7.92. The molecule has 5 heteroatoms. The number of rotatable bonds is 5. The Morgan fingerprint density at radius 1 is 1.38 bits per heavy atom. The number of nitrogens with zero attached hydrogens (tertiary/aromatic N) is 3. The molecule has 0 amide bonds. The molecule has 1 aliphatic heterocycles. The molecule has 5 nitrogen and oxygen atoms in total. The van der Waals surface area contributed by atoms with Crippen LogP contribution in [0.15, 0.2) is 24.3 Å². The van der Waals surface area contributed by atoms with Gasteiger partial charge < -0.3 is 14.4 Å². The summed E-state index contributed by atoms with van der Waals surface area (Å²) in [5.41, 5.74) is 1.19. The number of benzene rings is 1. The molecule has 0 aliphatic carbocycles. The highest BCUT2D eigenvalue weighted by Gasteiger charge is 2.22. The first-order chi connectivity index (χ1) is 10.3. The van der Waals surface area contributed by atoms with Gasteiger partial charge in [-0.05, 0) is 31.0 Å². The zero-order chi connectivity index (χ0) is 14.7. The van der Waals surface area contributed by atoms with Gasteiger partial charge in [0, 0.05) is 31.9 Å². The normalized spacial score (nSPS) is 17.5. The topological polar surface area (TPSA) is 60.2 Å². The maximum absolute atomic E-state index is 9.32. The fourth-order valence-electron chi connectivity index (χ4n) is 2.75. The molecule has 2 heterocycles. The first-order valence-corrected chi connectivity index (χ1v) is 7.47. The number of fused-ring (bicyclic) bond motifs is 1. The molecule has 1 aromatic carbocycles. The molecule has 0 radical (unpaired) electrons. The highest BCUT2D eigenvalue weighted by Crippen LogP contribution is 2.20. The number of ether oxygens (including phenoxy) is 1. The molecule has 1 unspecified atom stereocenters. The smallest absolute Gasteiger partial charge is 0.136 e. The molecule has 1 aliphatic rings. The van der Waals surface area contributed by atoms with E-state index >= 15 is 0 Å². The van der Waals surface area contributed by atoms with E-state index in [1.54, 1.807) is 0 Å². The lowest BCUT2D eigenvalue weighted by Crippen LogP contribution is -2.24. The molecular formula is C16H21N3O2. The molecule has 2 aromatic rings. The summed E-state index contributed by atoms with van der Waals surface area (Å²) in [5, 5.41) is 17.8. The quantitative estimate of drug-likeness (QED) is 0.910. The van der Waals surface area contributed by atoms with Crippen molar-refractivity contribution in [1.82, 2.24) is 14.8 Å². The summed E-state index contributed by atoms with van der Waals surface area (Å²) in [6, 6.07) is 8.04. The molecular weight excluding hydrogens is 266 g/mol. The lowest BCUT2D eigenvalue weighted by atomic mass is 10.0. The zero-order valence-corrected chi connectivity index (χ0v) is 12.3. The molecule has 21 heavy (non-hydrogen) atoms. The Hall–Kier alpha value is -1.88. The largest absolute Gasteiger partial charge is 0.493 e. The fourth-order valence-corrected chi connectivity index (χ4v) is 2.75. The van der Waals surface area contributed by atoms with Crippen LogP contribution in [0.25, 0.3) is 0 Å². The van der Waals surface area contributed by atoms with E-state index in [9.17, 15) is 5.11 Å². The van der Waals surface area contributed by atoms with Gasteiger partial charge in [-0.2, -0.15) is 0 Å². The molecule has 0 fully saturated rings. The molecule has 1 N–H and O–H groups in total. The third-order valence-corrected chi connectivity index (χ3v) is 3.96. The third-order valence-electron chi connectivity index (χ3n) is 3.96. The van der Waals surface area contributed by atoms with E-state index in [1.807, 2.05) is 18.2 Å². The molecule has 0 spiro atoms. The number of aliphatic hydroxyl groups is 1. The SMILES string of the molecule is Cc1cccc(OCCc2nnc3n2CC(CO)CC3)c1. The van der Waals surface area contributed by atoms with Gasteiger partial charge in [0.2, 0.25) is 0 Å². The van der Waals surface area contributed by atoms with Crippen LogP contribution in [-0.4, -0.2) is 33.1 Å². The minimum atomic E-state index is 0.233.